The molecular formula is C22H19ClF2N4O5S. The fraction of sp³-hybridized carbons (Fsp3) is 0.136. The van der Waals surface area contributed by atoms with Crippen molar-refractivity contribution in [3.8, 4) is 5.75 Å². The summed E-state index contributed by atoms with van der Waals surface area (Å²) in [6.07, 6.45) is 0.409. The van der Waals surface area contributed by atoms with Crippen LogP contribution in [-0.4, -0.2) is 25.7 Å². The zero-order valence-corrected chi connectivity index (χ0v) is 19.7. The number of benzene rings is 3. The minimum absolute atomic E-state index is 0.0222. The molecule has 3 rings (SSSR count). The number of halogens is 3. The lowest BCUT2D eigenvalue weighted by molar-refractivity contribution is -0.384. The van der Waals surface area contributed by atoms with E-state index in [1.54, 1.807) is 19.1 Å². The van der Waals surface area contributed by atoms with Gasteiger partial charge in [-0.1, -0.05) is 24.6 Å². The summed E-state index contributed by atoms with van der Waals surface area (Å²) in [5, 5.41) is 16.1. The summed E-state index contributed by atoms with van der Waals surface area (Å²) >= 11 is 5.87. The average Bonchev–Trinajstić information content (AvgIpc) is 2.79. The predicted octanol–water partition coefficient (Wildman–Crippen LogP) is 5.88. The first-order valence-electron chi connectivity index (χ1n) is 10.0. The number of ether oxygens (including phenoxy) is 1. The van der Waals surface area contributed by atoms with Gasteiger partial charge in [0, 0.05) is 11.1 Å². The third-order valence-electron chi connectivity index (χ3n) is 4.61. The van der Waals surface area contributed by atoms with Gasteiger partial charge >= 0.3 is 6.61 Å². The monoisotopic (exact) mass is 524 g/mol. The lowest BCUT2D eigenvalue weighted by Gasteiger charge is -2.11. The van der Waals surface area contributed by atoms with Crippen LogP contribution in [0.5, 0.6) is 5.75 Å². The van der Waals surface area contributed by atoms with Crippen LogP contribution in [0.2, 0.25) is 5.02 Å². The van der Waals surface area contributed by atoms with Crippen molar-refractivity contribution in [1.29, 1.82) is 0 Å². The maximum absolute atomic E-state index is 12.7. The fourth-order valence-corrected chi connectivity index (χ4v) is 4.25. The molecule has 13 heteroatoms. The number of nitrogens with one attached hydrogen (secondary N) is 2. The number of anilines is 2. The second-order valence-electron chi connectivity index (χ2n) is 6.98. The Kier molecular flexibility index (Phi) is 8.20. The predicted molar refractivity (Wildman–Crippen MR) is 129 cm³/mol. The van der Waals surface area contributed by atoms with Crippen molar-refractivity contribution in [2.24, 2.45) is 5.10 Å². The summed E-state index contributed by atoms with van der Waals surface area (Å²) < 4.78 is 56.7. The number of rotatable bonds is 10. The number of nitro benzene ring substituents is 1. The van der Waals surface area contributed by atoms with E-state index in [4.69, 9.17) is 11.6 Å². The fourth-order valence-electron chi connectivity index (χ4n) is 2.99. The van der Waals surface area contributed by atoms with E-state index >= 15 is 0 Å². The maximum Gasteiger partial charge on any atom is 0.387 e. The van der Waals surface area contributed by atoms with E-state index in [1.165, 1.54) is 48.5 Å². The Morgan fingerprint density at radius 2 is 1.86 bits per heavy atom. The molecule has 0 saturated heterocycles. The molecule has 0 atom stereocenters. The maximum atomic E-state index is 12.7. The number of hydrogen-bond donors (Lipinski definition) is 2. The Hall–Kier alpha value is -3.77. The van der Waals surface area contributed by atoms with E-state index in [-0.39, 0.29) is 22.0 Å². The lowest BCUT2D eigenvalue weighted by atomic mass is 10.1. The molecule has 0 aliphatic carbocycles. The van der Waals surface area contributed by atoms with Crippen molar-refractivity contribution in [2.45, 2.75) is 24.9 Å². The van der Waals surface area contributed by atoms with E-state index < -0.39 is 27.2 Å². The minimum atomic E-state index is -4.14. The molecule has 3 aromatic carbocycles. The summed E-state index contributed by atoms with van der Waals surface area (Å²) in [6, 6.07) is 15.1. The second kappa shape index (κ2) is 11.1. The van der Waals surface area contributed by atoms with E-state index in [0.717, 1.165) is 6.07 Å². The van der Waals surface area contributed by atoms with Crippen molar-refractivity contribution in [3.05, 3.63) is 87.4 Å². The van der Waals surface area contributed by atoms with E-state index in [2.05, 4.69) is 20.0 Å². The van der Waals surface area contributed by atoms with E-state index in [0.29, 0.717) is 22.7 Å². The molecule has 0 amide bonds. The molecule has 0 bridgehead atoms. The zero-order chi connectivity index (χ0) is 25.6. The van der Waals surface area contributed by atoms with Gasteiger partial charge < -0.3 is 4.74 Å². The van der Waals surface area contributed by atoms with Crippen molar-refractivity contribution >= 4 is 44.4 Å². The van der Waals surface area contributed by atoms with Crippen LogP contribution in [-0.2, 0) is 10.0 Å². The number of alkyl halides is 2. The van der Waals surface area contributed by atoms with Crippen LogP contribution in [0.15, 0.2) is 76.7 Å². The SMILES string of the molecule is CC/C(=N/Nc1ccc(S(=O)(=O)Nc2cccc(Cl)c2)cc1[N+](=O)[O-])c1ccc(OC(F)F)cc1. The summed E-state index contributed by atoms with van der Waals surface area (Å²) in [4.78, 5) is 10.6. The molecule has 9 nitrogen and oxygen atoms in total. The van der Waals surface area contributed by atoms with Crippen molar-refractivity contribution in [2.75, 3.05) is 10.1 Å². The number of hydrazone groups is 1. The highest BCUT2D eigenvalue weighted by Crippen LogP contribution is 2.29. The quantitative estimate of drug-likeness (QED) is 0.194. The molecular weight excluding hydrogens is 506 g/mol. The first-order valence-corrected chi connectivity index (χ1v) is 11.9. The average molecular weight is 525 g/mol. The van der Waals surface area contributed by atoms with Crippen LogP contribution in [0.25, 0.3) is 0 Å². The van der Waals surface area contributed by atoms with Crippen LogP contribution in [0, 0.1) is 10.1 Å². The first kappa shape index (κ1) is 25.8. The van der Waals surface area contributed by atoms with Crippen LogP contribution in [0.3, 0.4) is 0 Å². The lowest BCUT2D eigenvalue weighted by Crippen LogP contribution is -2.13. The van der Waals surface area contributed by atoms with Crippen LogP contribution in [0.1, 0.15) is 18.9 Å². The smallest absolute Gasteiger partial charge is 0.387 e. The normalized spacial score (nSPS) is 11.9. The third kappa shape index (κ3) is 6.87. The van der Waals surface area contributed by atoms with Crippen molar-refractivity contribution in [3.63, 3.8) is 0 Å². The summed E-state index contributed by atoms with van der Waals surface area (Å²) in [5.41, 5.74) is 3.28. The third-order valence-corrected chi connectivity index (χ3v) is 6.23. The van der Waals surface area contributed by atoms with Gasteiger partial charge in [0.2, 0.25) is 0 Å². The number of sulfonamides is 1. The number of nitro groups is 1. The number of hydrogen-bond acceptors (Lipinski definition) is 7. The van der Waals surface area contributed by atoms with E-state index in [1.807, 2.05) is 0 Å². The van der Waals surface area contributed by atoms with Gasteiger partial charge in [0.05, 0.1) is 21.2 Å². The Balaban J connectivity index is 1.85. The van der Waals surface area contributed by atoms with Crippen molar-refractivity contribution in [1.82, 2.24) is 0 Å². The summed E-state index contributed by atoms with van der Waals surface area (Å²) in [5.74, 6) is -0.0222. The molecule has 184 valence electrons. The van der Waals surface area contributed by atoms with Gasteiger partial charge in [0.1, 0.15) is 11.4 Å². The van der Waals surface area contributed by atoms with Gasteiger partial charge in [-0.15, -0.1) is 0 Å². The molecule has 0 aliphatic rings. The van der Waals surface area contributed by atoms with Gasteiger partial charge in [-0.2, -0.15) is 13.9 Å². The van der Waals surface area contributed by atoms with Crippen LogP contribution >= 0.6 is 11.6 Å². The molecule has 0 fully saturated rings. The van der Waals surface area contributed by atoms with Crippen LogP contribution < -0.4 is 14.9 Å². The van der Waals surface area contributed by atoms with Crippen LogP contribution in [0.4, 0.5) is 25.8 Å². The molecule has 0 aliphatic heterocycles. The molecule has 0 radical (unpaired) electrons. The molecule has 0 unspecified atom stereocenters. The second-order valence-corrected chi connectivity index (χ2v) is 9.10. The van der Waals surface area contributed by atoms with Gasteiger partial charge in [-0.3, -0.25) is 20.3 Å². The Bertz CT molecular complexity index is 1350. The summed E-state index contributed by atoms with van der Waals surface area (Å²) in [7, 11) is -4.14. The molecule has 35 heavy (non-hydrogen) atoms. The van der Waals surface area contributed by atoms with Gasteiger partial charge in [-0.25, -0.2) is 8.42 Å². The standard InChI is InChI=1S/C22H19ClF2N4O5S/c1-2-19(14-6-8-17(9-7-14)34-22(24)25)26-27-20-11-10-18(13-21(20)29(30)31)35(32,33)28-16-5-3-4-15(23)12-16/h3-13,22,27-28H,2H2,1H3/b26-19-. The van der Waals surface area contributed by atoms with E-state index in [9.17, 15) is 27.3 Å². The minimum Gasteiger partial charge on any atom is -0.435 e. The largest absolute Gasteiger partial charge is 0.435 e. The van der Waals surface area contributed by atoms with Crippen molar-refractivity contribution < 1.29 is 26.9 Å². The highest BCUT2D eigenvalue weighted by molar-refractivity contribution is 7.92. The Morgan fingerprint density at radius 1 is 1.14 bits per heavy atom. The zero-order valence-electron chi connectivity index (χ0n) is 18.1. The number of nitrogens with zero attached hydrogens (tertiary/aromatic N) is 2. The topological polar surface area (TPSA) is 123 Å². The Labute approximate surface area is 204 Å². The molecule has 0 aromatic heterocycles. The highest BCUT2D eigenvalue weighted by Gasteiger charge is 2.22. The first-order chi connectivity index (χ1) is 16.6. The highest BCUT2D eigenvalue weighted by atomic mass is 35.5. The van der Waals surface area contributed by atoms with Gasteiger partial charge in [0.25, 0.3) is 15.7 Å². The van der Waals surface area contributed by atoms with Gasteiger partial charge in [-0.05, 0) is 66.6 Å². The Morgan fingerprint density at radius 3 is 2.46 bits per heavy atom. The molecule has 0 heterocycles. The molecule has 2 N–H and O–H groups in total. The molecule has 0 saturated carbocycles. The van der Waals surface area contributed by atoms with Gasteiger partial charge in [0.15, 0.2) is 0 Å². The molecule has 0 spiro atoms. The molecule has 3 aromatic rings. The summed E-state index contributed by atoms with van der Waals surface area (Å²) in [6.45, 7) is -1.16.